The predicted octanol–water partition coefficient (Wildman–Crippen LogP) is 7.42. The van der Waals surface area contributed by atoms with Gasteiger partial charge in [-0.3, -0.25) is 0 Å². The van der Waals surface area contributed by atoms with Crippen molar-refractivity contribution in [2.75, 3.05) is 0 Å². The summed E-state index contributed by atoms with van der Waals surface area (Å²) in [5.74, 6) is -2.93. The standard InChI is InChI=1S/C22H43F3O6/c1-8-9-10-11-12-13-14-20(15-16-21(23,24)25)22(29-26-17(2)3,30-27-18(4)5)31-28-19(6)7/h17-20H,8-16H2,1-7H3. The van der Waals surface area contributed by atoms with Gasteiger partial charge in [0, 0.05) is 12.3 Å². The molecule has 188 valence electrons. The van der Waals surface area contributed by atoms with E-state index in [-0.39, 0.29) is 24.7 Å². The third-order valence-corrected chi connectivity index (χ3v) is 4.25. The summed E-state index contributed by atoms with van der Waals surface area (Å²) < 4.78 is 39.2. The maximum Gasteiger partial charge on any atom is 0.389 e. The molecule has 0 radical (unpaired) electrons. The van der Waals surface area contributed by atoms with Crippen molar-refractivity contribution < 1.29 is 42.5 Å². The van der Waals surface area contributed by atoms with E-state index in [1.54, 1.807) is 41.5 Å². The summed E-state index contributed by atoms with van der Waals surface area (Å²) in [6, 6.07) is 0. The van der Waals surface area contributed by atoms with Crippen molar-refractivity contribution in [1.29, 1.82) is 0 Å². The Kier molecular flexibility index (Phi) is 16.0. The van der Waals surface area contributed by atoms with Crippen LogP contribution in [0, 0.1) is 5.92 Å². The van der Waals surface area contributed by atoms with Crippen molar-refractivity contribution in [2.45, 2.75) is 137 Å². The molecule has 0 bridgehead atoms. The number of alkyl halides is 3. The Morgan fingerprint density at radius 3 is 1.42 bits per heavy atom. The van der Waals surface area contributed by atoms with Gasteiger partial charge in [-0.05, 0) is 54.4 Å². The first kappa shape index (κ1) is 30.6. The maximum absolute atomic E-state index is 13.1. The van der Waals surface area contributed by atoms with Crippen LogP contribution >= 0.6 is 0 Å². The van der Waals surface area contributed by atoms with Crippen molar-refractivity contribution in [3.63, 3.8) is 0 Å². The molecule has 0 aliphatic heterocycles. The van der Waals surface area contributed by atoms with Crippen molar-refractivity contribution in [1.82, 2.24) is 0 Å². The second-order valence-electron chi connectivity index (χ2n) is 8.70. The molecule has 1 unspecified atom stereocenters. The molecule has 0 saturated carbocycles. The van der Waals surface area contributed by atoms with E-state index in [1.165, 1.54) is 0 Å². The van der Waals surface area contributed by atoms with Gasteiger partial charge in [-0.25, -0.2) is 14.7 Å². The topological polar surface area (TPSA) is 55.4 Å². The molecule has 0 aromatic rings. The molecule has 0 N–H and O–H groups in total. The molecule has 0 aromatic carbocycles. The molecule has 0 amide bonds. The Hall–Kier alpha value is -0.450. The Labute approximate surface area is 185 Å². The highest BCUT2D eigenvalue weighted by atomic mass is 19.4. The lowest BCUT2D eigenvalue weighted by atomic mass is 9.93. The van der Waals surface area contributed by atoms with E-state index in [2.05, 4.69) is 6.92 Å². The number of hydrogen-bond acceptors (Lipinski definition) is 6. The molecule has 0 rings (SSSR count). The van der Waals surface area contributed by atoms with Crippen LogP contribution < -0.4 is 0 Å². The molecule has 0 aromatic heterocycles. The quantitative estimate of drug-likeness (QED) is 0.0865. The van der Waals surface area contributed by atoms with E-state index in [9.17, 15) is 13.2 Å². The normalized spacial score (nSPS) is 14.2. The Morgan fingerprint density at radius 1 is 0.613 bits per heavy atom. The predicted molar refractivity (Wildman–Crippen MR) is 111 cm³/mol. The first-order valence-electron chi connectivity index (χ1n) is 11.5. The van der Waals surface area contributed by atoms with E-state index in [4.69, 9.17) is 29.3 Å². The SMILES string of the molecule is CCCCCCCCC(CCC(F)(F)F)C(OOC(C)C)(OOC(C)C)OOC(C)C. The minimum atomic E-state index is -4.33. The van der Waals surface area contributed by atoms with Crippen LogP contribution in [0.15, 0.2) is 0 Å². The van der Waals surface area contributed by atoms with Gasteiger partial charge in [-0.15, -0.1) is 0 Å². The molecular formula is C22H43F3O6. The zero-order valence-corrected chi connectivity index (χ0v) is 20.3. The minimum absolute atomic E-state index is 0.289. The number of unbranched alkanes of at least 4 members (excludes halogenated alkanes) is 5. The molecule has 0 aliphatic rings. The summed E-state index contributed by atoms with van der Waals surface area (Å²) in [6.07, 6.45) is -0.472. The van der Waals surface area contributed by atoms with E-state index in [0.717, 1.165) is 32.1 Å². The first-order chi connectivity index (χ1) is 14.4. The van der Waals surface area contributed by atoms with E-state index in [1.807, 2.05) is 0 Å². The van der Waals surface area contributed by atoms with Gasteiger partial charge in [0.25, 0.3) is 0 Å². The van der Waals surface area contributed by atoms with Gasteiger partial charge < -0.3 is 0 Å². The minimum Gasteiger partial charge on any atom is -0.228 e. The van der Waals surface area contributed by atoms with E-state index < -0.39 is 24.5 Å². The molecule has 0 aliphatic carbocycles. The smallest absolute Gasteiger partial charge is 0.228 e. The summed E-state index contributed by atoms with van der Waals surface area (Å²) >= 11 is 0. The van der Waals surface area contributed by atoms with Crippen LogP contribution in [0.1, 0.15) is 106 Å². The Bertz CT molecular complexity index is 399. The van der Waals surface area contributed by atoms with Crippen LogP contribution in [0.5, 0.6) is 0 Å². The van der Waals surface area contributed by atoms with Crippen molar-refractivity contribution in [2.24, 2.45) is 5.92 Å². The third kappa shape index (κ3) is 15.9. The van der Waals surface area contributed by atoms with Crippen LogP contribution in [0.4, 0.5) is 13.2 Å². The van der Waals surface area contributed by atoms with Crippen LogP contribution in [0.25, 0.3) is 0 Å². The van der Waals surface area contributed by atoms with Gasteiger partial charge in [-0.2, -0.15) is 27.8 Å². The summed E-state index contributed by atoms with van der Waals surface area (Å²) in [4.78, 5) is 32.1. The molecule has 0 saturated heterocycles. The summed E-state index contributed by atoms with van der Waals surface area (Å²) in [7, 11) is 0. The van der Waals surface area contributed by atoms with Crippen LogP contribution in [0.2, 0.25) is 0 Å². The number of rotatable bonds is 19. The summed E-state index contributed by atoms with van der Waals surface area (Å²) in [5, 5.41) is 0. The van der Waals surface area contributed by atoms with Crippen LogP contribution in [-0.4, -0.2) is 30.5 Å². The highest BCUT2D eigenvalue weighted by Gasteiger charge is 2.49. The largest absolute Gasteiger partial charge is 0.389 e. The third-order valence-electron chi connectivity index (χ3n) is 4.25. The lowest BCUT2D eigenvalue weighted by Gasteiger charge is -2.37. The Morgan fingerprint density at radius 2 is 1.03 bits per heavy atom. The highest BCUT2D eigenvalue weighted by Crippen LogP contribution is 2.38. The molecule has 31 heavy (non-hydrogen) atoms. The lowest BCUT2D eigenvalue weighted by molar-refractivity contribution is -0.653. The van der Waals surface area contributed by atoms with Gasteiger partial charge in [0.05, 0.1) is 18.3 Å². The average Bonchev–Trinajstić information content (AvgIpc) is 2.65. The van der Waals surface area contributed by atoms with Crippen molar-refractivity contribution >= 4 is 0 Å². The fourth-order valence-electron chi connectivity index (χ4n) is 2.74. The van der Waals surface area contributed by atoms with Crippen molar-refractivity contribution in [3.05, 3.63) is 0 Å². The molecule has 9 heteroatoms. The molecule has 1 atom stereocenters. The maximum atomic E-state index is 13.1. The van der Waals surface area contributed by atoms with E-state index in [0.29, 0.717) is 12.8 Å². The highest BCUT2D eigenvalue weighted by molar-refractivity contribution is 4.72. The molecule has 6 nitrogen and oxygen atoms in total. The van der Waals surface area contributed by atoms with Gasteiger partial charge in [-0.1, -0.05) is 45.4 Å². The van der Waals surface area contributed by atoms with Crippen LogP contribution in [-0.2, 0) is 29.3 Å². The van der Waals surface area contributed by atoms with Gasteiger partial charge in [0.2, 0.25) is 0 Å². The lowest BCUT2D eigenvalue weighted by Crippen LogP contribution is -2.48. The van der Waals surface area contributed by atoms with Gasteiger partial charge in [0.1, 0.15) is 0 Å². The fraction of sp³-hybridized carbons (Fsp3) is 1.00. The second-order valence-corrected chi connectivity index (χ2v) is 8.70. The van der Waals surface area contributed by atoms with Crippen LogP contribution in [0.3, 0.4) is 0 Å². The summed E-state index contributed by atoms with van der Waals surface area (Å²) in [5.41, 5.74) is 0. The fourth-order valence-corrected chi connectivity index (χ4v) is 2.74. The van der Waals surface area contributed by atoms with Gasteiger partial charge >= 0.3 is 12.1 Å². The molecule has 0 spiro atoms. The van der Waals surface area contributed by atoms with Gasteiger partial charge in [0.15, 0.2) is 0 Å². The van der Waals surface area contributed by atoms with E-state index >= 15 is 0 Å². The zero-order valence-electron chi connectivity index (χ0n) is 20.3. The molecule has 0 heterocycles. The zero-order chi connectivity index (χ0) is 23.9. The number of hydrogen-bond donors (Lipinski definition) is 0. The van der Waals surface area contributed by atoms with Crippen molar-refractivity contribution in [3.8, 4) is 0 Å². The first-order valence-corrected chi connectivity index (χ1v) is 11.5. The average molecular weight is 461 g/mol. The Balaban J connectivity index is 5.59. The second kappa shape index (κ2) is 16.2. The monoisotopic (exact) mass is 460 g/mol. The molecule has 0 fully saturated rings. The number of halogens is 3. The molecular weight excluding hydrogens is 417 g/mol. The summed E-state index contributed by atoms with van der Waals surface area (Å²) in [6.45, 7) is 12.4.